The molecule has 0 aromatic heterocycles. The highest BCUT2D eigenvalue weighted by Crippen LogP contribution is 2.60. The number of hydrogen-bond donors (Lipinski definition) is 0. The first kappa shape index (κ1) is 26.0. The van der Waals surface area contributed by atoms with Crippen LogP contribution in [0.1, 0.15) is 48.1 Å². The molecule has 0 saturated carbocycles. The third-order valence-electron chi connectivity index (χ3n) is 6.37. The highest BCUT2D eigenvalue weighted by atomic mass is 19.3. The van der Waals surface area contributed by atoms with Crippen LogP contribution >= 0.6 is 0 Å². The molecule has 3 aromatic rings. The Hall–Kier alpha value is -3.10. The van der Waals surface area contributed by atoms with E-state index in [2.05, 4.69) is 0 Å². The second kappa shape index (κ2) is 9.41. The standard InChI is InChI=1S/C27H22F8O/c1-3-5-14-6-8-16(24(30)23(14)29)9-7-15-10-11-17-18-12-13-19(36-4-2)25(31)21(18)27(34,35)26(32,33)20(17)22(15)28/h6,8,10-13H,3-5,7,9H2,1-2H3. The smallest absolute Gasteiger partial charge is 0.343 e. The van der Waals surface area contributed by atoms with Gasteiger partial charge in [-0.3, -0.25) is 0 Å². The Morgan fingerprint density at radius 2 is 1.03 bits per heavy atom. The maximum absolute atomic E-state index is 15.3. The van der Waals surface area contributed by atoms with E-state index >= 15 is 13.2 Å². The van der Waals surface area contributed by atoms with Crippen LogP contribution in [0.15, 0.2) is 36.4 Å². The van der Waals surface area contributed by atoms with Crippen molar-refractivity contribution in [2.24, 2.45) is 0 Å². The molecular weight excluding hydrogens is 492 g/mol. The highest BCUT2D eigenvalue weighted by Gasteiger charge is 2.65. The average molecular weight is 514 g/mol. The number of aryl methyl sites for hydroxylation is 3. The SMILES string of the molecule is CCCc1ccc(CCc2ccc3c(c2F)C(F)(F)C(F)(F)c2c-3ccc(OCC)c2F)c(F)c1F. The van der Waals surface area contributed by atoms with Gasteiger partial charge in [-0.05, 0) is 66.1 Å². The minimum Gasteiger partial charge on any atom is -0.491 e. The number of fused-ring (bicyclic) bond motifs is 3. The zero-order valence-corrected chi connectivity index (χ0v) is 19.4. The van der Waals surface area contributed by atoms with Crippen molar-refractivity contribution in [2.45, 2.75) is 51.4 Å². The molecule has 36 heavy (non-hydrogen) atoms. The second-order valence-corrected chi connectivity index (χ2v) is 8.61. The Labute approximate surface area is 202 Å². The zero-order chi connectivity index (χ0) is 26.4. The molecule has 1 aliphatic rings. The van der Waals surface area contributed by atoms with E-state index in [0.717, 1.165) is 24.3 Å². The van der Waals surface area contributed by atoms with E-state index in [1.165, 1.54) is 19.1 Å². The van der Waals surface area contributed by atoms with Gasteiger partial charge < -0.3 is 4.74 Å². The van der Waals surface area contributed by atoms with Gasteiger partial charge in [0.1, 0.15) is 5.82 Å². The van der Waals surface area contributed by atoms with E-state index in [1.54, 1.807) is 6.92 Å². The number of halogens is 8. The first-order valence-corrected chi connectivity index (χ1v) is 11.5. The van der Waals surface area contributed by atoms with Gasteiger partial charge in [0.05, 0.1) is 17.7 Å². The fourth-order valence-electron chi connectivity index (χ4n) is 4.57. The van der Waals surface area contributed by atoms with Gasteiger partial charge in [0, 0.05) is 0 Å². The molecule has 0 heterocycles. The number of hydrogen-bond acceptors (Lipinski definition) is 1. The molecule has 0 N–H and O–H groups in total. The number of rotatable bonds is 7. The Morgan fingerprint density at radius 3 is 1.56 bits per heavy atom. The summed E-state index contributed by atoms with van der Waals surface area (Å²) in [4.78, 5) is 0. The largest absolute Gasteiger partial charge is 0.491 e. The maximum atomic E-state index is 15.3. The summed E-state index contributed by atoms with van der Waals surface area (Å²) < 4.78 is 124. The van der Waals surface area contributed by atoms with E-state index in [-0.39, 0.29) is 36.1 Å². The van der Waals surface area contributed by atoms with E-state index in [1.807, 2.05) is 0 Å². The van der Waals surface area contributed by atoms with Crippen LogP contribution in [0.5, 0.6) is 5.75 Å². The van der Waals surface area contributed by atoms with Gasteiger partial charge in [-0.2, -0.15) is 17.6 Å². The fourth-order valence-corrected chi connectivity index (χ4v) is 4.57. The summed E-state index contributed by atoms with van der Waals surface area (Å²) >= 11 is 0. The maximum Gasteiger partial charge on any atom is 0.343 e. The van der Waals surface area contributed by atoms with Gasteiger partial charge >= 0.3 is 11.8 Å². The lowest BCUT2D eigenvalue weighted by Crippen LogP contribution is -2.41. The third-order valence-corrected chi connectivity index (χ3v) is 6.37. The predicted molar refractivity (Wildman–Crippen MR) is 119 cm³/mol. The number of alkyl halides is 4. The average Bonchev–Trinajstić information content (AvgIpc) is 2.82. The van der Waals surface area contributed by atoms with Crippen molar-refractivity contribution in [3.8, 4) is 16.9 Å². The van der Waals surface area contributed by atoms with Crippen LogP contribution in [0.4, 0.5) is 35.1 Å². The Morgan fingerprint density at radius 1 is 0.583 bits per heavy atom. The zero-order valence-electron chi connectivity index (χ0n) is 19.4. The summed E-state index contributed by atoms with van der Waals surface area (Å²) in [5.41, 5.74) is -4.58. The monoisotopic (exact) mass is 514 g/mol. The molecule has 0 spiro atoms. The fraction of sp³-hybridized carbons (Fsp3) is 0.333. The summed E-state index contributed by atoms with van der Waals surface area (Å²) in [6.07, 6.45) is 0.305. The molecule has 0 atom stereocenters. The van der Waals surface area contributed by atoms with Crippen molar-refractivity contribution < 1.29 is 39.9 Å². The van der Waals surface area contributed by atoms with E-state index in [0.29, 0.717) is 12.8 Å². The van der Waals surface area contributed by atoms with Gasteiger partial charge in [-0.25, -0.2) is 17.6 Å². The Kier molecular flexibility index (Phi) is 6.79. The van der Waals surface area contributed by atoms with Crippen LogP contribution < -0.4 is 4.74 Å². The summed E-state index contributed by atoms with van der Waals surface area (Å²) in [6.45, 7) is 3.18. The molecule has 0 radical (unpaired) electrons. The molecule has 1 aliphatic carbocycles. The Bertz CT molecular complexity index is 1320. The summed E-state index contributed by atoms with van der Waals surface area (Å²) in [5.74, 6) is -16.2. The van der Waals surface area contributed by atoms with Crippen LogP contribution in [0.25, 0.3) is 11.1 Å². The Balaban J connectivity index is 1.77. The van der Waals surface area contributed by atoms with Gasteiger partial charge in [0.2, 0.25) is 0 Å². The molecule has 0 amide bonds. The van der Waals surface area contributed by atoms with E-state index in [4.69, 9.17) is 4.74 Å². The molecule has 192 valence electrons. The van der Waals surface area contributed by atoms with Crippen molar-refractivity contribution in [1.82, 2.24) is 0 Å². The summed E-state index contributed by atoms with van der Waals surface area (Å²) in [7, 11) is 0. The van der Waals surface area contributed by atoms with E-state index < -0.39 is 63.1 Å². The van der Waals surface area contributed by atoms with Crippen LogP contribution in [-0.2, 0) is 31.1 Å². The van der Waals surface area contributed by atoms with Crippen molar-refractivity contribution in [2.75, 3.05) is 6.61 Å². The van der Waals surface area contributed by atoms with Crippen LogP contribution in [-0.4, -0.2) is 6.61 Å². The van der Waals surface area contributed by atoms with Crippen LogP contribution in [0.2, 0.25) is 0 Å². The summed E-state index contributed by atoms with van der Waals surface area (Å²) in [6, 6.07) is 6.85. The van der Waals surface area contributed by atoms with Crippen LogP contribution in [0.3, 0.4) is 0 Å². The third kappa shape index (κ3) is 3.92. The molecule has 0 bridgehead atoms. The van der Waals surface area contributed by atoms with Crippen molar-refractivity contribution in [1.29, 1.82) is 0 Å². The lowest BCUT2D eigenvalue weighted by Gasteiger charge is -2.35. The lowest BCUT2D eigenvalue weighted by atomic mass is 9.78. The van der Waals surface area contributed by atoms with E-state index in [9.17, 15) is 22.0 Å². The minimum absolute atomic E-state index is 0.0852. The second-order valence-electron chi connectivity index (χ2n) is 8.61. The number of ether oxygens (including phenoxy) is 1. The first-order valence-electron chi connectivity index (χ1n) is 11.5. The van der Waals surface area contributed by atoms with Crippen molar-refractivity contribution in [3.63, 3.8) is 0 Å². The van der Waals surface area contributed by atoms with Gasteiger partial charge in [-0.15, -0.1) is 0 Å². The quantitative estimate of drug-likeness (QED) is 0.289. The van der Waals surface area contributed by atoms with Crippen molar-refractivity contribution >= 4 is 0 Å². The first-order chi connectivity index (χ1) is 17.0. The minimum atomic E-state index is -5.08. The number of benzene rings is 3. The van der Waals surface area contributed by atoms with Gasteiger partial charge in [0.15, 0.2) is 23.2 Å². The molecule has 0 unspecified atom stereocenters. The molecule has 0 aliphatic heterocycles. The summed E-state index contributed by atoms with van der Waals surface area (Å²) in [5, 5.41) is 0. The molecule has 3 aromatic carbocycles. The van der Waals surface area contributed by atoms with Crippen molar-refractivity contribution in [3.05, 3.63) is 87.5 Å². The molecule has 0 saturated heterocycles. The molecule has 1 nitrogen and oxygen atoms in total. The molecule has 4 rings (SSSR count). The lowest BCUT2D eigenvalue weighted by molar-refractivity contribution is -0.228. The predicted octanol–water partition coefficient (Wildman–Crippen LogP) is 8.24. The topological polar surface area (TPSA) is 9.23 Å². The molecule has 0 fully saturated rings. The normalized spacial score (nSPS) is 15.4. The molecule has 9 heteroatoms. The molecular formula is C27H22F8O. The van der Waals surface area contributed by atoms with Gasteiger partial charge in [0.25, 0.3) is 0 Å². The van der Waals surface area contributed by atoms with Gasteiger partial charge in [-0.1, -0.05) is 37.6 Å². The van der Waals surface area contributed by atoms with Crippen LogP contribution in [0, 0.1) is 23.3 Å². The highest BCUT2D eigenvalue weighted by molar-refractivity contribution is 5.77.